The summed E-state index contributed by atoms with van der Waals surface area (Å²) < 4.78 is 0. The highest BCUT2D eigenvalue weighted by molar-refractivity contribution is 7.16. The van der Waals surface area contributed by atoms with Crippen LogP contribution in [0.1, 0.15) is 56.1 Å². The summed E-state index contributed by atoms with van der Waals surface area (Å²) in [5, 5.41) is 0.736. The van der Waals surface area contributed by atoms with Crippen LogP contribution >= 0.6 is 11.3 Å². The van der Waals surface area contributed by atoms with Gasteiger partial charge in [0.2, 0.25) is 0 Å². The van der Waals surface area contributed by atoms with Gasteiger partial charge in [0.15, 0.2) is 10.9 Å². The van der Waals surface area contributed by atoms with Gasteiger partial charge in [0, 0.05) is 23.1 Å². The van der Waals surface area contributed by atoms with Crippen LogP contribution in [0.25, 0.3) is 0 Å². The van der Waals surface area contributed by atoms with Gasteiger partial charge in [-0.25, -0.2) is 4.98 Å². The molecule has 0 radical (unpaired) electrons. The molecule has 28 heavy (non-hydrogen) atoms. The zero-order valence-electron chi connectivity index (χ0n) is 16.0. The molecule has 0 spiro atoms. The quantitative estimate of drug-likeness (QED) is 0.596. The predicted octanol–water partition coefficient (Wildman–Crippen LogP) is 4.89. The lowest BCUT2D eigenvalue weighted by Gasteiger charge is -2.21. The Morgan fingerprint density at radius 2 is 1.71 bits per heavy atom. The third-order valence-electron chi connectivity index (χ3n) is 5.33. The highest BCUT2D eigenvalue weighted by Gasteiger charge is 2.26. The second-order valence-electron chi connectivity index (χ2n) is 7.21. The van der Waals surface area contributed by atoms with Gasteiger partial charge >= 0.3 is 0 Å². The molecule has 0 N–H and O–H groups in total. The van der Waals surface area contributed by atoms with Gasteiger partial charge in [0.05, 0.1) is 5.69 Å². The molecule has 5 heteroatoms. The van der Waals surface area contributed by atoms with E-state index < -0.39 is 0 Å². The molecule has 1 aliphatic rings. The normalized spacial score (nSPS) is 15.7. The van der Waals surface area contributed by atoms with Crippen LogP contribution in [-0.4, -0.2) is 23.7 Å². The Labute approximate surface area is 168 Å². The van der Waals surface area contributed by atoms with Crippen molar-refractivity contribution in [3.05, 3.63) is 81.9 Å². The molecule has 1 aliphatic carbocycles. The molecule has 1 amide bonds. The minimum Gasteiger partial charge on any atom is -0.295 e. The maximum absolute atomic E-state index is 12.8. The molecular formula is C23H22N2O2S. The highest BCUT2D eigenvalue weighted by Crippen LogP contribution is 2.38. The number of aryl methyl sites for hydroxylation is 1. The first-order valence-corrected chi connectivity index (χ1v) is 10.3. The number of benzene rings is 2. The predicted molar refractivity (Wildman–Crippen MR) is 113 cm³/mol. The first-order chi connectivity index (χ1) is 13.5. The summed E-state index contributed by atoms with van der Waals surface area (Å²) in [6, 6.07) is 17.4. The van der Waals surface area contributed by atoms with Crippen LogP contribution in [0.3, 0.4) is 0 Å². The number of thiazole rings is 1. The molecule has 4 rings (SSSR count). The number of rotatable bonds is 4. The van der Waals surface area contributed by atoms with Gasteiger partial charge in [0.1, 0.15) is 0 Å². The van der Waals surface area contributed by atoms with E-state index in [0.717, 1.165) is 30.1 Å². The Bertz CT molecular complexity index is 1010. The zero-order chi connectivity index (χ0) is 19.7. The van der Waals surface area contributed by atoms with E-state index in [4.69, 9.17) is 4.98 Å². The van der Waals surface area contributed by atoms with E-state index in [0.29, 0.717) is 17.0 Å². The number of Topliss-reactive ketones (excluding diaryl/α,β-unsaturated/α-hetero) is 1. The van der Waals surface area contributed by atoms with Crippen LogP contribution in [0.4, 0.5) is 5.13 Å². The number of hydrogen-bond acceptors (Lipinski definition) is 4. The van der Waals surface area contributed by atoms with Crippen LogP contribution in [0.15, 0.2) is 54.6 Å². The van der Waals surface area contributed by atoms with Crippen molar-refractivity contribution in [3.8, 4) is 0 Å². The fourth-order valence-corrected chi connectivity index (χ4v) is 4.79. The van der Waals surface area contributed by atoms with Gasteiger partial charge in [-0.3, -0.25) is 14.5 Å². The van der Waals surface area contributed by atoms with Gasteiger partial charge in [0.25, 0.3) is 5.91 Å². The second kappa shape index (κ2) is 7.68. The Kier molecular flexibility index (Phi) is 5.09. The SMILES string of the molecule is CC(=O)c1ccc(C(=O)N(C)c2nc3c(s2)CC(c2ccccc2)CC3)cc1. The summed E-state index contributed by atoms with van der Waals surface area (Å²) in [5.74, 6) is 0.399. The number of carbonyl (C=O) groups is 2. The number of hydrogen-bond donors (Lipinski definition) is 0. The summed E-state index contributed by atoms with van der Waals surface area (Å²) >= 11 is 1.61. The monoisotopic (exact) mass is 390 g/mol. The molecule has 1 heterocycles. The van der Waals surface area contributed by atoms with Gasteiger partial charge in [-0.05, 0) is 49.8 Å². The van der Waals surface area contributed by atoms with Gasteiger partial charge < -0.3 is 0 Å². The average Bonchev–Trinajstić information content (AvgIpc) is 3.16. The Hall–Kier alpha value is -2.79. The highest BCUT2D eigenvalue weighted by atomic mass is 32.1. The van der Waals surface area contributed by atoms with E-state index in [1.165, 1.54) is 17.4 Å². The minimum absolute atomic E-state index is 0.00655. The Balaban J connectivity index is 1.52. The third-order valence-corrected chi connectivity index (χ3v) is 6.53. The van der Waals surface area contributed by atoms with Crippen LogP contribution in [0.2, 0.25) is 0 Å². The van der Waals surface area contributed by atoms with Crippen molar-refractivity contribution in [1.82, 2.24) is 4.98 Å². The Morgan fingerprint density at radius 1 is 1.04 bits per heavy atom. The molecule has 1 atom stereocenters. The number of aromatic nitrogens is 1. The molecule has 0 aliphatic heterocycles. The lowest BCUT2D eigenvalue weighted by atomic mass is 9.85. The Morgan fingerprint density at radius 3 is 2.39 bits per heavy atom. The van der Waals surface area contributed by atoms with Crippen molar-refractivity contribution < 1.29 is 9.59 Å². The molecule has 3 aromatic rings. The molecule has 0 fully saturated rings. The lowest BCUT2D eigenvalue weighted by molar-refractivity contribution is 0.0987. The van der Waals surface area contributed by atoms with E-state index in [-0.39, 0.29) is 11.7 Å². The summed E-state index contributed by atoms with van der Waals surface area (Å²) in [6.45, 7) is 1.52. The molecule has 0 saturated carbocycles. The zero-order valence-corrected chi connectivity index (χ0v) is 16.8. The van der Waals surface area contributed by atoms with E-state index in [1.807, 2.05) is 6.07 Å². The number of carbonyl (C=O) groups excluding carboxylic acids is 2. The van der Waals surface area contributed by atoms with Crippen LogP contribution in [0.5, 0.6) is 0 Å². The minimum atomic E-state index is -0.110. The largest absolute Gasteiger partial charge is 0.295 e. The number of anilines is 1. The van der Waals surface area contributed by atoms with Gasteiger partial charge in [-0.1, -0.05) is 42.5 Å². The molecule has 0 bridgehead atoms. The average molecular weight is 391 g/mol. The molecule has 0 saturated heterocycles. The first-order valence-electron chi connectivity index (χ1n) is 9.45. The van der Waals surface area contributed by atoms with Crippen molar-refractivity contribution in [2.75, 3.05) is 11.9 Å². The van der Waals surface area contributed by atoms with Gasteiger partial charge in [-0.15, -0.1) is 11.3 Å². The summed E-state index contributed by atoms with van der Waals surface area (Å²) in [4.78, 5) is 31.9. The van der Waals surface area contributed by atoms with E-state index in [1.54, 1.807) is 47.5 Å². The molecular weight excluding hydrogens is 368 g/mol. The molecule has 1 aromatic heterocycles. The van der Waals surface area contributed by atoms with Crippen molar-refractivity contribution in [2.45, 2.75) is 32.1 Å². The molecule has 142 valence electrons. The standard InChI is InChI=1S/C23H22N2O2S/c1-15(26)16-8-10-18(11-9-16)22(27)25(2)23-24-20-13-12-19(14-21(20)28-23)17-6-4-3-5-7-17/h3-11,19H,12-14H2,1-2H3. The second-order valence-corrected chi connectivity index (χ2v) is 8.28. The number of amides is 1. The molecule has 4 nitrogen and oxygen atoms in total. The molecule has 1 unspecified atom stereocenters. The first kappa shape index (κ1) is 18.6. The van der Waals surface area contributed by atoms with Gasteiger partial charge in [-0.2, -0.15) is 0 Å². The molecule has 2 aromatic carbocycles. The van der Waals surface area contributed by atoms with Crippen LogP contribution in [-0.2, 0) is 12.8 Å². The number of ketones is 1. The lowest BCUT2D eigenvalue weighted by Crippen LogP contribution is -2.26. The van der Waals surface area contributed by atoms with E-state index in [2.05, 4.69) is 24.3 Å². The summed E-state index contributed by atoms with van der Waals surface area (Å²) in [7, 11) is 1.76. The fourth-order valence-electron chi connectivity index (χ4n) is 3.64. The maximum atomic E-state index is 12.8. The topological polar surface area (TPSA) is 50.3 Å². The van der Waals surface area contributed by atoms with E-state index in [9.17, 15) is 9.59 Å². The smallest absolute Gasteiger partial charge is 0.259 e. The van der Waals surface area contributed by atoms with Crippen molar-refractivity contribution >= 4 is 28.2 Å². The van der Waals surface area contributed by atoms with Crippen LogP contribution in [0, 0.1) is 0 Å². The van der Waals surface area contributed by atoms with E-state index >= 15 is 0 Å². The maximum Gasteiger partial charge on any atom is 0.259 e. The fraction of sp³-hybridized carbons (Fsp3) is 0.261. The summed E-state index contributed by atoms with van der Waals surface area (Å²) in [5.41, 5.74) is 3.66. The van der Waals surface area contributed by atoms with Crippen molar-refractivity contribution in [1.29, 1.82) is 0 Å². The third kappa shape index (κ3) is 3.62. The van der Waals surface area contributed by atoms with Crippen molar-refractivity contribution in [2.24, 2.45) is 0 Å². The van der Waals surface area contributed by atoms with Crippen molar-refractivity contribution in [3.63, 3.8) is 0 Å². The number of nitrogens with zero attached hydrogens (tertiary/aromatic N) is 2. The summed E-state index contributed by atoms with van der Waals surface area (Å²) in [6.07, 6.45) is 3.01. The van der Waals surface area contributed by atoms with Crippen LogP contribution < -0.4 is 4.90 Å². The number of fused-ring (bicyclic) bond motifs is 1.